The van der Waals surface area contributed by atoms with Crippen molar-refractivity contribution in [3.8, 4) is 0 Å². The summed E-state index contributed by atoms with van der Waals surface area (Å²) in [6, 6.07) is 0.488. The lowest BCUT2D eigenvalue weighted by Gasteiger charge is -2.37. The van der Waals surface area contributed by atoms with Crippen molar-refractivity contribution in [1.82, 2.24) is 15.3 Å². The third-order valence-corrected chi connectivity index (χ3v) is 4.06. The molecule has 1 aromatic heterocycles. The molecule has 1 fully saturated rings. The molecule has 0 saturated heterocycles. The molecule has 0 spiro atoms. The van der Waals surface area contributed by atoms with E-state index in [2.05, 4.69) is 20.2 Å². The van der Waals surface area contributed by atoms with Crippen LogP contribution in [0.25, 0.3) is 0 Å². The summed E-state index contributed by atoms with van der Waals surface area (Å²) in [6.07, 6.45) is 4.33. The molecule has 2 aliphatic rings. The summed E-state index contributed by atoms with van der Waals surface area (Å²) in [7, 11) is 2.01. The molecule has 3 rings (SSSR count). The number of nitrogens with one attached hydrogen (secondary N) is 1. The molecule has 1 saturated carbocycles. The maximum atomic E-state index is 11.2. The second-order valence-corrected chi connectivity index (χ2v) is 5.22. The van der Waals surface area contributed by atoms with Crippen LogP contribution in [0, 0.1) is 0 Å². The molecule has 0 atom stereocenters. The van der Waals surface area contributed by atoms with Gasteiger partial charge in [-0.1, -0.05) is 0 Å². The molecule has 102 valence electrons. The van der Waals surface area contributed by atoms with Gasteiger partial charge in [0.05, 0.1) is 5.69 Å². The Morgan fingerprint density at radius 1 is 1.42 bits per heavy atom. The van der Waals surface area contributed by atoms with E-state index in [0.29, 0.717) is 6.04 Å². The van der Waals surface area contributed by atoms with E-state index >= 15 is 0 Å². The third kappa shape index (κ3) is 2.16. The highest BCUT2D eigenvalue weighted by Gasteiger charge is 2.28. The number of fused-ring (bicyclic) bond motifs is 1. The molecule has 0 aromatic carbocycles. The second kappa shape index (κ2) is 4.77. The van der Waals surface area contributed by atoms with Gasteiger partial charge in [0.1, 0.15) is 5.82 Å². The van der Waals surface area contributed by atoms with E-state index in [4.69, 9.17) is 5.11 Å². The van der Waals surface area contributed by atoms with E-state index in [0.717, 1.165) is 49.4 Å². The summed E-state index contributed by atoms with van der Waals surface area (Å²) >= 11 is 0. The topological polar surface area (TPSA) is 78.4 Å². The Balaban J connectivity index is 2.04. The van der Waals surface area contributed by atoms with Crippen LogP contribution in [0.4, 0.5) is 5.82 Å². The van der Waals surface area contributed by atoms with Gasteiger partial charge in [0.2, 0.25) is 5.82 Å². The molecule has 19 heavy (non-hydrogen) atoms. The quantitative estimate of drug-likeness (QED) is 0.839. The highest BCUT2D eigenvalue weighted by Crippen LogP contribution is 2.31. The molecule has 1 aliphatic carbocycles. The Morgan fingerprint density at radius 3 is 2.84 bits per heavy atom. The fourth-order valence-corrected chi connectivity index (χ4v) is 2.66. The third-order valence-electron chi connectivity index (χ3n) is 4.06. The maximum absolute atomic E-state index is 11.2. The van der Waals surface area contributed by atoms with Crippen LogP contribution in [0.15, 0.2) is 0 Å². The van der Waals surface area contributed by atoms with Gasteiger partial charge in [-0.3, -0.25) is 0 Å². The van der Waals surface area contributed by atoms with Gasteiger partial charge in [-0.05, 0) is 19.3 Å². The van der Waals surface area contributed by atoms with Gasteiger partial charge >= 0.3 is 5.97 Å². The predicted octanol–water partition coefficient (Wildman–Crippen LogP) is 0.809. The van der Waals surface area contributed by atoms with E-state index in [9.17, 15) is 4.79 Å². The minimum absolute atomic E-state index is 0.0816. The number of carboxylic acid groups (broad SMARTS) is 1. The van der Waals surface area contributed by atoms with Crippen molar-refractivity contribution in [2.24, 2.45) is 0 Å². The van der Waals surface area contributed by atoms with Gasteiger partial charge in [-0.15, -0.1) is 0 Å². The molecule has 6 heteroatoms. The zero-order valence-electron chi connectivity index (χ0n) is 11.0. The standard InChI is InChI=1S/C13H18N4O2/c1-17(8-3-2-4-8)12-9-7-14-6-5-10(9)15-11(16-12)13(18)19/h8,14H,2-7H2,1H3,(H,18,19). The fourth-order valence-electron chi connectivity index (χ4n) is 2.66. The first kappa shape index (κ1) is 12.3. The van der Waals surface area contributed by atoms with Crippen molar-refractivity contribution in [3.63, 3.8) is 0 Å². The van der Waals surface area contributed by atoms with Crippen LogP contribution in [-0.4, -0.2) is 40.7 Å². The highest BCUT2D eigenvalue weighted by molar-refractivity contribution is 5.84. The number of carboxylic acids is 1. The number of hydrogen-bond donors (Lipinski definition) is 2. The molecule has 1 aromatic rings. The molecule has 1 aliphatic heterocycles. The SMILES string of the molecule is CN(c1nc(C(=O)O)nc2c1CNCC2)C1CCC1. The molecule has 0 amide bonds. The summed E-state index contributed by atoms with van der Waals surface area (Å²) in [5, 5.41) is 12.4. The van der Waals surface area contributed by atoms with Gasteiger partial charge in [-0.25, -0.2) is 14.8 Å². The minimum atomic E-state index is -1.05. The van der Waals surface area contributed by atoms with Crippen molar-refractivity contribution in [3.05, 3.63) is 17.1 Å². The molecule has 2 heterocycles. The van der Waals surface area contributed by atoms with Crippen LogP contribution >= 0.6 is 0 Å². The van der Waals surface area contributed by atoms with E-state index in [1.54, 1.807) is 0 Å². The second-order valence-electron chi connectivity index (χ2n) is 5.22. The first-order valence-electron chi connectivity index (χ1n) is 6.73. The Labute approximate surface area is 111 Å². The number of aromatic nitrogens is 2. The van der Waals surface area contributed by atoms with Crippen LogP contribution in [0.5, 0.6) is 0 Å². The van der Waals surface area contributed by atoms with E-state index < -0.39 is 5.97 Å². The van der Waals surface area contributed by atoms with Gasteiger partial charge in [0.15, 0.2) is 0 Å². The molecule has 6 nitrogen and oxygen atoms in total. The number of nitrogens with zero attached hydrogens (tertiary/aromatic N) is 3. The van der Waals surface area contributed by atoms with Gasteiger partial charge in [0, 0.05) is 38.2 Å². The van der Waals surface area contributed by atoms with Crippen LogP contribution in [0.1, 0.15) is 41.1 Å². The molecule has 0 unspecified atom stereocenters. The Kier molecular flexibility index (Phi) is 3.10. The molecular formula is C13H18N4O2. The Hall–Kier alpha value is -1.69. The number of hydrogen-bond acceptors (Lipinski definition) is 5. The van der Waals surface area contributed by atoms with Crippen molar-refractivity contribution in [1.29, 1.82) is 0 Å². The first-order valence-corrected chi connectivity index (χ1v) is 6.73. The van der Waals surface area contributed by atoms with Gasteiger partial charge in [0.25, 0.3) is 0 Å². The zero-order valence-corrected chi connectivity index (χ0v) is 11.0. The largest absolute Gasteiger partial charge is 0.475 e. The van der Waals surface area contributed by atoms with Crippen molar-refractivity contribution in [2.45, 2.75) is 38.3 Å². The molecule has 0 bridgehead atoms. The fraction of sp³-hybridized carbons (Fsp3) is 0.615. The first-order chi connectivity index (χ1) is 9.16. The average Bonchev–Trinajstić information content (AvgIpc) is 2.35. The highest BCUT2D eigenvalue weighted by atomic mass is 16.4. The monoisotopic (exact) mass is 262 g/mol. The predicted molar refractivity (Wildman–Crippen MR) is 70.4 cm³/mol. The van der Waals surface area contributed by atoms with Crippen LogP contribution in [-0.2, 0) is 13.0 Å². The summed E-state index contributed by atoms with van der Waals surface area (Å²) in [5.74, 6) is -0.342. The molecule has 0 radical (unpaired) electrons. The van der Waals surface area contributed by atoms with E-state index in [-0.39, 0.29) is 5.82 Å². The summed E-state index contributed by atoms with van der Waals surface area (Å²) < 4.78 is 0. The van der Waals surface area contributed by atoms with Crippen molar-refractivity contribution >= 4 is 11.8 Å². The minimum Gasteiger partial charge on any atom is -0.475 e. The van der Waals surface area contributed by atoms with Crippen molar-refractivity contribution in [2.75, 3.05) is 18.5 Å². The van der Waals surface area contributed by atoms with E-state index in [1.165, 1.54) is 6.42 Å². The van der Waals surface area contributed by atoms with E-state index in [1.807, 2.05) is 7.05 Å². The number of anilines is 1. The van der Waals surface area contributed by atoms with Crippen molar-refractivity contribution < 1.29 is 9.90 Å². The van der Waals surface area contributed by atoms with Gasteiger partial charge in [-0.2, -0.15) is 0 Å². The number of aromatic carboxylic acids is 1. The lowest BCUT2D eigenvalue weighted by atomic mass is 9.91. The molecular weight excluding hydrogens is 244 g/mol. The van der Waals surface area contributed by atoms with Gasteiger partial charge < -0.3 is 15.3 Å². The Bertz CT molecular complexity index is 514. The summed E-state index contributed by atoms with van der Waals surface area (Å²) in [6.45, 7) is 1.57. The van der Waals surface area contributed by atoms with Crippen LogP contribution < -0.4 is 10.2 Å². The lowest BCUT2D eigenvalue weighted by Crippen LogP contribution is -2.40. The zero-order chi connectivity index (χ0) is 13.4. The number of rotatable bonds is 3. The summed E-state index contributed by atoms with van der Waals surface area (Å²) in [4.78, 5) is 21.7. The number of carbonyl (C=O) groups is 1. The van der Waals surface area contributed by atoms with Crippen LogP contribution in [0.2, 0.25) is 0 Å². The summed E-state index contributed by atoms with van der Waals surface area (Å²) in [5.41, 5.74) is 1.94. The van der Waals surface area contributed by atoms with Crippen LogP contribution in [0.3, 0.4) is 0 Å². The smallest absolute Gasteiger partial charge is 0.374 e. The maximum Gasteiger partial charge on any atom is 0.374 e. The molecule has 2 N–H and O–H groups in total. The average molecular weight is 262 g/mol. The Morgan fingerprint density at radius 2 is 2.21 bits per heavy atom. The lowest BCUT2D eigenvalue weighted by molar-refractivity contribution is 0.0683. The normalized spacial score (nSPS) is 18.6.